The molecule has 2 aliphatic rings. The third kappa shape index (κ3) is 6.40. The molecule has 2 heterocycles. The SMILES string of the molecule is CCC(CC)C(=O)N(C)CCCCN1CCN(C2=CC=S(c3ccccc3)N2c2ccccc2)CC1. The lowest BCUT2D eigenvalue weighted by Gasteiger charge is -2.40. The van der Waals surface area contributed by atoms with Crippen molar-refractivity contribution in [1.29, 1.82) is 0 Å². The lowest BCUT2D eigenvalue weighted by atomic mass is 10.0. The van der Waals surface area contributed by atoms with E-state index in [2.05, 4.69) is 100 Å². The molecule has 2 aliphatic heterocycles. The molecule has 4 rings (SSSR count). The van der Waals surface area contributed by atoms with Crippen LogP contribution in [0.2, 0.25) is 0 Å². The molecule has 36 heavy (non-hydrogen) atoms. The predicted molar refractivity (Wildman–Crippen MR) is 154 cm³/mol. The average molecular weight is 507 g/mol. The van der Waals surface area contributed by atoms with Crippen LogP contribution in [-0.4, -0.2) is 72.3 Å². The van der Waals surface area contributed by atoms with Gasteiger partial charge in [-0.15, -0.1) is 0 Å². The largest absolute Gasteiger partial charge is 0.355 e. The van der Waals surface area contributed by atoms with Gasteiger partial charge in [-0.3, -0.25) is 14.0 Å². The molecule has 1 amide bonds. The van der Waals surface area contributed by atoms with Crippen molar-refractivity contribution in [1.82, 2.24) is 14.7 Å². The second kappa shape index (κ2) is 13.1. The quantitative estimate of drug-likeness (QED) is 0.290. The summed E-state index contributed by atoms with van der Waals surface area (Å²) in [6, 6.07) is 21.6. The highest BCUT2D eigenvalue weighted by molar-refractivity contribution is 8.16. The highest BCUT2D eigenvalue weighted by Crippen LogP contribution is 2.42. The highest BCUT2D eigenvalue weighted by Gasteiger charge is 2.28. The maximum atomic E-state index is 12.5. The van der Waals surface area contributed by atoms with E-state index in [0.717, 1.165) is 65.0 Å². The Kier molecular flexibility index (Phi) is 9.65. The molecular weight excluding hydrogens is 464 g/mol. The van der Waals surface area contributed by atoms with Crippen molar-refractivity contribution >= 4 is 27.6 Å². The number of hydrogen-bond acceptors (Lipinski definition) is 4. The van der Waals surface area contributed by atoms with Gasteiger partial charge >= 0.3 is 0 Å². The number of rotatable bonds is 11. The summed E-state index contributed by atoms with van der Waals surface area (Å²) in [7, 11) is 1.85. The third-order valence-electron chi connectivity index (χ3n) is 7.35. The van der Waals surface area contributed by atoms with Crippen LogP contribution < -0.4 is 4.31 Å². The third-order valence-corrected chi connectivity index (χ3v) is 9.29. The first-order chi connectivity index (χ1) is 17.6. The molecule has 0 bridgehead atoms. The fourth-order valence-corrected chi connectivity index (χ4v) is 6.99. The Morgan fingerprint density at radius 3 is 2.19 bits per heavy atom. The molecule has 194 valence electrons. The number of carbonyl (C=O) groups excluding carboxylic acids is 1. The summed E-state index contributed by atoms with van der Waals surface area (Å²) in [5, 5.41) is 2.36. The van der Waals surface area contributed by atoms with Gasteiger partial charge in [-0.1, -0.05) is 60.9 Å². The number of hydrogen-bond donors (Lipinski definition) is 0. The van der Waals surface area contributed by atoms with E-state index in [1.165, 1.54) is 16.4 Å². The van der Waals surface area contributed by atoms with Crippen LogP contribution in [-0.2, 0) is 4.79 Å². The minimum Gasteiger partial charge on any atom is -0.355 e. The van der Waals surface area contributed by atoms with E-state index in [9.17, 15) is 4.79 Å². The monoisotopic (exact) mass is 506 g/mol. The molecular formula is C30H42N4OS. The van der Waals surface area contributed by atoms with Crippen LogP contribution in [0.15, 0.2) is 77.5 Å². The first-order valence-corrected chi connectivity index (χ1v) is 14.8. The normalized spacial score (nSPS) is 18.3. The molecule has 5 nitrogen and oxygen atoms in total. The standard InChI is InChI=1S/C30H42N4OS/c1-4-26(5-2)30(35)31(3)19-12-13-20-32-21-23-33(24-22-32)29-18-25-36(28-16-10-7-11-17-28)34(29)27-14-8-6-9-15-27/h6-11,14-18,25-26H,4-5,12-13,19-24H2,1-3H3. The van der Waals surface area contributed by atoms with Crippen molar-refractivity contribution in [3.63, 3.8) is 0 Å². The van der Waals surface area contributed by atoms with Crippen molar-refractivity contribution in [3.8, 4) is 0 Å². The van der Waals surface area contributed by atoms with Crippen LogP contribution in [0.3, 0.4) is 0 Å². The molecule has 1 unspecified atom stereocenters. The van der Waals surface area contributed by atoms with E-state index in [4.69, 9.17) is 0 Å². The van der Waals surface area contributed by atoms with Crippen LogP contribution >= 0.6 is 10.7 Å². The summed E-state index contributed by atoms with van der Waals surface area (Å²) in [6.45, 7) is 10.5. The number of allylic oxidation sites excluding steroid dienone is 1. The van der Waals surface area contributed by atoms with E-state index in [1.807, 2.05) is 11.9 Å². The van der Waals surface area contributed by atoms with Crippen molar-refractivity contribution in [2.75, 3.05) is 50.6 Å². The first-order valence-electron chi connectivity index (χ1n) is 13.5. The number of piperazine rings is 1. The summed E-state index contributed by atoms with van der Waals surface area (Å²) in [5.41, 5.74) is 1.25. The number of benzene rings is 2. The Hall–Kier alpha value is -2.57. The van der Waals surface area contributed by atoms with E-state index in [-0.39, 0.29) is 16.6 Å². The number of anilines is 1. The molecule has 0 saturated carbocycles. The van der Waals surface area contributed by atoms with Crippen LogP contribution in [0, 0.1) is 5.92 Å². The molecule has 2 aromatic rings. The molecule has 0 aromatic heterocycles. The number of unbranched alkanes of at least 4 members (excludes halogenated alkanes) is 1. The Balaban J connectivity index is 1.28. The fraction of sp³-hybridized carbons (Fsp3) is 0.467. The van der Waals surface area contributed by atoms with Crippen LogP contribution in [0.4, 0.5) is 5.69 Å². The van der Waals surface area contributed by atoms with E-state index in [0.29, 0.717) is 5.91 Å². The predicted octanol–water partition coefficient (Wildman–Crippen LogP) is 5.69. The minimum atomic E-state index is -0.111. The molecule has 0 aliphatic carbocycles. The maximum Gasteiger partial charge on any atom is 0.225 e. The lowest BCUT2D eigenvalue weighted by molar-refractivity contribution is -0.134. The average Bonchev–Trinajstić information content (AvgIpc) is 3.38. The molecule has 2 aromatic carbocycles. The Labute approximate surface area is 220 Å². The highest BCUT2D eigenvalue weighted by atomic mass is 32.2. The maximum absolute atomic E-state index is 12.5. The zero-order valence-electron chi connectivity index (χ0n) is 22.2. The zero-order chi connectivity index (χ0) is 25.3. The number of para-hydroxylation sites is 1. The Morgan fingerprint density at radius 1 is 0.917 bits per heavy atom. The Bertz CT molecular complexity index is 1030. The molecule has 1 fully saturated rings. The zero-order valence-corrected chi connectivity index (χ0v) is 23.0. The molecule has 0 spiro atoms. The number of carbonyl (C=O) groups is 1. The van der Waals surface area contributed by atoms with E-state index in [1.54, 1.807) is 0 Å². The van der Waals surface area contributed by atoms with Gasteiger partial charge in [0.25, 0.3) is 0 Å². The first kappa shape index (κ1) is 26.5. The van der Waals surface area contributed by atoms with Gasteiger partial charge in [-0.05, 0) is 67.9 Å². The summed E-state index contributed by atoms with van der Waals surface area (Å²) in [6.07, 6.45) is 6.42. The molecule has 6 heteroatoms. The Morgan fingerprint density at radius 2 is 1.56 bits per heavy atom. The second-order valence-electron chi connectivity index (χ2n) is 9.73. The van der Waals surface area contributed by atoms with Gasteiger partial charge in [0.05, 0.1) is 5.69 Å². The molecule has 1 atom stereocenters. The lowest BCUT2D eigenvalue weighted by Crippen LogP contribution is -2.48. The van der Waals surface area contributed by atoms with Gasteiger partial charge in [0.15, 0.2) is 0 Å². The number of nitrogens with zero attached hydrogens (tertiary/aromatic N) is 4. The van der Waals surface area contributed by atoms with Crippen LogP contribution in [0.25, 0.3) is 0 Å². The molecule has 0 radical (unpaired) electrons. The van der Waals surface area contributed by atoms with Crippen molar-refractivity contribution in [2.24, 2.45) is 5.92 Å². The van der Waals surface area contributed by atoms with E-state index < -0.39 is 0 Å². The summed E-state index contributed by atoms with van der Waals surface area (Å²) < 4.78 is 2.51. The van der Waals surface area contributed by atoms with Gasteiger partial charge in [-0.2, -0.15) is 0 Å². The summed E-state index contributed by atoms with van der Waals surface area (Å²) in [5.74, 6) is 1.81. The summed E-state index contributed by atoms with van der Waals surface area (Å²) in [4.78, 5) is 20.9. The van der Waals surface area contributed by atoms with Gasteiger partial charge < -0.3 is 9.80 Å². The van der Waals surface area contributed by atoms with Crippen molar-refractivity contribution < 1.29 is 4.79 Å². The van der Waals surface area contributed by atoms with Gasteiger partial charge in [0, 0.05) is 50.6 Å². The van der Waals surface area contributed by atoms with Gasteiger partial charge in [-0.25, -0.2) is 0 Å². The summed E-state index contributed by atoms with van der Waals surface area (Å²) >= 11 is 0. The molecule has 0 N–H and O–H groups in total. The smallest absolute Gasteiger partial charge is 0.225 e. The second-order valence-corrected chi connectivity index (χ2v) is 11.5. The van der Waals surface area contributed by atoms with Crippen molar-refractivity contribution in [3.05, 3.63) is 72.6 Å². The molecule has 1 saturated heterocycles. The van der Waals surface area contributed by atoms with Gasteiger partial charge in [0.2, 0.25) is 5.91 Å². The minimum absolute atomic E-state index is 0.111. The fourth-order valence-electron chi connectivity index (χ4n) is 5.09. The number of amides is 1. The topological polar surface area (TPSA) is 30.0 Å². The van der Waals surface area contributed by atoms with Crippen LogP contribution in [0.5, 0.6) is 0 Å². The van der Waals surface area contributed by atoms with Gasteiger partial charge in [0.1, 0.15) is 5.82 Å². The van der Waals surface area contributed by atoms with E-state index >= 15 is 0 Å². The van der Waals surface area contributed by atoms with Crippen molar-refractivity contribution in [2.45, 2.75) is 44.4 Å². The van der Waals surface area contributed by atoms with Crippen LogP contribution in [0.1, 0.15) is 39.5 Å².